The summed E-state index contributed by atoms with van der Waals surface area (Å²) in [4.78, 5) is 38.9. The molecule has 0 bridgehead atoms. The molecule has 0 saturated carbocycles. The SMILES string of the molecule is CCCCOC(=O)c1ccc(NC(=O)C2CC(=O)N(c3ccc4c(c3)OCCO4)C2)cc1. The molecule has 32 heavy (non-hydrogen) atoms. The predicted octanol–water partition coefficient (Wildman–Crippen LogP) is 3.41. The quantitative estimate of drug-likeness (QED) is 0.526. The molecule has 1 atom stereocenters. The molecule has 168 valence electrons. The Morgan fingerprint density at radius 1 is 1.09 bits per heavy atom. The van der Waals surface area contributed by atoms with Crippen molar-refractivity contribution in [2.24, 2.45) is 5.92 Å². The van der Waals surface area contributed by atoms with Gasteiger partial charge >= 0.3 is 5.97 Å². The van der Waals surface area contributed by atoms with Crippen molar-refractivity contribution in [1.82, 2.24) is 0 Å². The Morgan fingerprint density at radius 3 is 2.59 bits per heavy atom. The van der Waals surface area contributed by atoms with E-state index in [1.165, 1.54) is 0 Å². The van der Waals surface area contributed by atoms with Crippen LogP contribution in [0.15, 0.2) is 42.5 Å². The van der Waals surface area contributed by atoms with Crippen LogP contribution in [0.25, 0.3) is 0 Å². The van der Waals surface area contributed by atoms with Crippen LogP contribution in [-0.2, 0) is 14.3 Å². The highest BCUT2D eigenvalue weighted by Gasteiger charge is 2.35. The van der Waals surface area contributed by atoms with Crippen LogP contribution in [-0.4, -0.2) is 44.1 Å². The first-order valence-corrected chi connectivity index (χ1v) is 10.8. The largest absolute Gasteiger partial charge is 0.486 e. The third-order valence-electron chi connectivity index (χ3n) is 5.45. The van der Waals surface area contributed by atoms with Crippen molar-refractivity contribution >= 4 is 29.2 Å². The summed E-state index contributed by atoms with van der Waals surface area (Å²) in [7, 11) is 0. The van der Waals surface area contributed by atoms with Crippen LogP contribution in [0.3, 0.4) is 0 Å². The van der Waals surface area contributed by atoms with Gasteiger partial charge in [0.25, 0.3) is 0 Å². The molecular weight excluding hydrogens is 412 g/mol. The Hall–Kier alpha value is -3.55. The summed E-state index contributed by atoms with van der Waals surface area (Å²) in [6.07, 6.45) is 1.90. The van der Waals surface area contributed by atoms with Gasteiger partial charge in [0.1, 0.15) is 13.2 Å². The number of carbonyl (C=O) groups is 3. The van der Waals surface area contributed by atoms with E-state index < -0.39 is 5.92 Å². The number of benzene rings is 2. The second-order valence-electron chi connectivity index (χ2n) is 7.79. The predicted molar refractivity (Wildman–Crippen MR) is 118 cm³/mol. The molecule has 2 aromatic carbocycles. The number of unbranched alkanes of at least 4 members (excludes halogenated alkanes) is 1. The second-order valence-corrected chi connectivity index (χ2v) is 7.79. The fourth-order valence-electron chi connectivity index (χ4n) is 3.66. The molecule has 1 saturated heterocycles. The van der Waals surface area contributed by atoms with Crippen molar-refractivity contribution in [1.29, 1.82) is 0 Å². The minimum atomic E-state index is -0.477. The first kappa shape index (κ1) is 21.7. The van der Waals surface area contributed by atoms with E-state index in [-0.39, 0.29) is 30.7 Å². The van der Waals surface area contributed by atoms with Crippen LogP contribution in [0.2, 0.25) is 0 Å². The van der Waals surface area contributed by atoms with Crippen molar-refractivity contribution < 1.29 is 28.6 Å². The van der Waals surface area contributed by atoms with E-state index in [4.69, 9.17) is 14.2 Å². The number of hydrogen-bond donors (Lipinski definition) is 1. The molecule has 2 heterocycles. The van der Waals surface area contributed by atoms with Gasteiger partial charge in [0, 0.05) is 30.4 Å². The average Bonchev–Trinajstić information content (AvgIpc) is 3.21. The average molecular weight is 438 g/mol. The van der Waals surface area contributed by atoms with E-state index >= 15 is 0 Å². The fourth-order valence-corrected chi connectivity index (χ4v) is 3.66. The zero-order valence-electron chi connectivity index (χ0n) is 18.0. The standard InChI is InChI=1S/C24H26N2O6/c1-2-3-10-32-24(29)16-4-6-18(7-5-16)25-23(28)17-13-22(27)26(15-17)19-8-9-20-21(14-19)31-12-11-30-20/h4-9,14,17H,2-3,10-13,15H2,1H3,(H,25,28). The van der Waals surface area contributed by atoms with Gasteiger partial charge in [-0.05, 0) is 42.8 Å². The number of anilines is 2. The third kappa shape index (κ3) is 4.85. The van der Waals surface area contributed by atoms with Crippen molar-refractivity contribution in [3.8, 4) is 11.5 Å². The number of hydrogen-bond acceptors (Lipinski definition) is 6. The number of esters is 1. The lowest BCUT2D eigenvalue weighted by atomic mass is 10.1. The van der Waals surface area contributed by atoms with Crippen LogP contribution in [0.1, 0.15) is 36.5 Å². The summed E-state index contributed by atoms with van der Waals surface area (Å²) in [5, 5.41) is 2.83. The molecule has 0 aromatic heterocycles. The van der Waals surface area contributed by atoms with Crippen LogP contribution in [0, 0.1) is 5.92 Å². The molecule has 4 rings (SSSR count). The van der Waals surface area contributed by atoms with Gasteiger partial charge in [-0.3, -0.25) is 9.59 Å². The Bertz CT molecular complexity index is 1000. The molecule has 8 heteroatoms. The van der Waals surface area contributed by atoms with Gasteiger partial charge in [0.05, 0.1) is 18.1 Å². The number of ether oxygens (including phenoxy) is 3. The van der Waals surface area contributed by atoms with Crippen LogP contribution in [0.5, 0.6) is 11.5 Å². The van der Waals surface area contributed by atoms with Crippen molar-refractivity contribution in [2.45, 2.75) is 26.2 Å². The number of nitrogens with one attached hydrogen (secondary N) is 1. The number of nitrogens with zero attached hydrogens (tertiary/aromatic N) is 1. The number of carbonyl (C=O) groups excluding carboxylic acids is 3. The van der Waals surface area contributed by atoms with E-state index in [1.54, 1.807) is 47.4 Å². The first-order chi connectivity index (χ1) is 15.5. The first-order valence-electron chi connectivity index (χ1n) is 10.8. The maximum atomic E-state index is 12.7. The topological polar surface area (TPSA) is 94.2 Å². The van der Waals surface area contributed by atoms with Crippen molar-refractivity contribution in [2.75, 3.05) is 36.6 Å². The zero-order chi connectivity index (χ0) is 22.5. The molecule has 0 spiro atoms. The number of rotatable bonds is 7. The molecule has 2 aliphatic rings. The van der Waals surface area contributed by atoms with Gasteiger partial charge in [0.15, 0.2) is 11.5 Å². The maximum Gasteiger partial charge on any atom is 0.338 e. The van der Waals surface area contributed by atoms with Crippen molar-refractivity contribution in [3.63, 3.8) is 0 Å². The summed E-state index contributed by atoms with van der Waals surface area (Å²) in [5.74, 6) is 0.0345. The molecule has 2 aliphatic heterocycles. The molecular formula is C24H26N2O6. The second kappa shape index (κ2) is 9.72. The maximum absolute atomic E-state index is 12.7. The molecule has 1 fully saturated rings. The molecule has 1 unspecified atom stereocenters. The summed E-state index contributed by atoms with van der Waals surface area (Å²) in [5.41, 5.74) is 1.67. The minimum Gasteiger partial charge on any atom is -0.486 e. The minimum absolute atomic E-state index is 0.119. The van der Waals surface area contributed by atoms with E-state index in [0.29, 0.717) is 48.3 Å². The lowest BCUT2D eigenvalue weighted by Gasteiger charge is -2.22. The normalized spacial score (nSPS) is 17.2. The molecule has 0 aliphatic carbocycles. The van der Waals surface area contributed by atoms with Crippen LogP contribution < -0.4 is 19.7 Å². The van der Waals surface area contributed by atoms with Gasteiger partial charge < -0.3 is 24.4 Å². The summed E-state index contributed by atoms with van der Waals surface area (Å²) >= 11 is 0. The van der Waals surface area contributed by atoms with E-state index in [1.807, 2.05) is 6.92 Å². The van der Waals surface area contributed by atoms with Crippen molar-refractivity contribution in [3.05, 3.63) is 48.0 Å². The summed E-state index contributed by atoms with van der Waals surface area (Å²) < 4.78 is 16.3. The highest BCUT2D eigenvalue weighted by Crippen LogP contribution is 2.36. The fraction of sp³-hybridized carbons (Fsp3) is 0.375. The monoisotopic (exact) mass is 438 g/mol. The third-order valence-corrected chi connectivity index (χ3v) is 5.45. The lowest BCUT2D eigenvalue weighted by molar-refractivity contribution is -0.122. The number of amides is 2. The van der Waals surface area contributed by atoms with Gasteiger partial charge in [-0.25, -0.2) is 4.79 Å². The molecule has 1 N–H and O–H groups in total. The highest BCUT2D eigenvalue weighted by atomic mass is 16.6. The van der Waals surface area contributed by atoms with Gasteiger partial charge in [-0.1, -0.05) is 13.3 Å². The van der Waals surface area contributed by atoms with E-state index in [2.05, 4.69) is 5.32 Å². The zero-order valence-corrected chi connectivity index (χ0v) is 18.0. The van der Waals surface area contributed by atoms with Crippen LogP contribution >= 0.6 is 0 Å². The van der Waals surface area contributed by atoms with E-state index in [9.17, 15) is 14.4 Å². The molecule has 0 radical (unpaired) electrons. The van der Waals surface area contributed by atoms with Gasteiger partial charge in [-0.2, -0.15) is 0 Å². The lowest BCUT2D eigenvalue weighted by Crippen LogP contribution is -2.28. The van der Waals surface area contributed by atoms with Gasteiger partial charge in [0.2, 0.25) is 11.8 Å². The Balaban J connectivity index is 1.35. The van der Waals surface area contributed by atoms with E-state index in [0.717, 1.165) is 12.8 Å². The molecule has 8 nitrogen and oxygen atoms in total. The summed E-state index contributed by atoms with van der Waals surface area (Å²) in [6, 6.07) is 11.9. The highest BCUT2D eigenvalue weighted by molar-refractivity contribution is 6.03. The smallest absolute Gasteiger partial charge is 0.338 e. The van der Waals surface area contributed by atoms with Gasteiger partial charge in [-0.15, -0.1) is 0 Å². The summed E-state index contributed by atoms with van der Waals surface area (Å²) in [6.45, 7) is 3.66. The Kier molecular flexibility index (Phi) is 6.58. The molecule has 2 aromatic rings. The number of fused-ring (bicyclic) bond motifs is 1. The van der Waals surface area contributed by atoms with Crippen LogP contribution in [0.4, 0.5) is 11.4 Å². The molecule has 2 amide bonds. The Labute approximate surface area is 186 Å². The Morgan fingerprint density at radius 2 is 1.84 bits per heavy atom.